The molecule has 0 unspecified atom stereocenters. The molecule has 6 heteroatoms. The van der Waals surface area contributed by atoms with Crippen molar-refractivity contribution in [2.24, 2.45) is 0 Å². The second kappa shape index (κ2) is 7.02. The minimum absolute atomic E-state index is 0.00562. The number of rotatable bonds is 6. The molecule has 2 heterocycles. The second-order valence-corrected chi connectivity index (χ2v) is 8.12. The highest BCUT2D eigenvalue weighted by Gasteiger charge is 2.25. The normalized spacial score (nSPS) is 14.0. The van der Waals surface area contributed by atoms with Crippen LogP contribution in [-0.2, 0) is 11.3 Å². The average Bonchev–Trinajstić information content (AvgIpc) is 3.36. The first-order chi connectivity index (χ1) is 13.7. The lowest BCUT2D eigenvalue weighted by Gasteiger charge is -2.08. The first kappa shape index (κ1) is 17.4. The van der Waals surface area contributed by atoms with Gasteiger partial charge in [0.15, 0.2) is 5.16 Å². The standard InChI is InChI=1S/C22H22N4OS/c1-2-25-19-6-4-3-5-17(19)18-13-15(7-10-20(18)25)24-21(27)14-28-22-23-11-12-26(22)16-8-9-16/h3-7,10-13,16H,2,8-9,14H2,1H3,(H,24,27). The molecule has 5 nitrogen and oxygen atoms in total. The molecule has 28 heavy (non-hydrogen) atoms. The van der Waals surface area contributed by atoms with Crippen molar-refractivity contribution in [3.8, 4) is 0 Å². The van der Waals surface area contributed by atoms with Gasteiger partial charge in [-0.3, -0.25) is 4.79 Å². The number of aryl methyl sites for hydroxylation is 1. The third-order valence-corrected chi connectivity index (χ3v) is 6.26. The number of aromatic nitrogens is 3. The Kier molecular flexibility index (Phi) is 4.36. The van der Waals surface area contributed by atoms with Gasteiger partial charge in [-0.2, -0.15) is 0 Å². The molecule has 0 aliphatic heterocycles. The van der Waals surface area contributed by atoms with Gasteiger partial charge in [0, 0.05) is 52.5 Å². The van der Waals surface area contributed by atoms with E-state index in [9.17, 15) is 4.79 Å². The van der Waals surface area contributed by atoms with E-state index in [1.807, 2.05) is 18.5 Å². The number of nitrogens with zero attached hydrogens (tertiary/aromatic N) is 3. The van der Waals surface area contributed by atoms with Crippen LogP contribution in [0.5, 0.6) is 0 Å². The van der Waals surface area contributed by atoms with Crippen molar-refractivity contribution < 1.29 is 4.79 Å². The summed E-state index contributed by atoms with van der Waals surface area (Å²) in [6, 6.07) is 15.2. The number of amides is 1. The summed E-state index contributed by atoms with van der Waals surface area (Å²) in [6.07, 6.45) is 6.24. The molecule has 1 N–H and O–H groups in total. The summed E-state index contributed by atoms with van der Waals surface area (Å²) in [5.74, 6) is 0.354. The molecule has 0 radical (unpaired) electrons. The number of hydrogen-bond acceptors (Lipinski definition) is 3. The van der Waals surface area contributed by atoms with Gasteiger partial charge in [-0.1, -0.05) is 30.0 Å². The number of carbonyl (C=O) groups is 1. The number of anilines is 1. The Hall–Kier alpha value is -2.73. The van der Waals surface area contributed by atoms with E-state index in [2.05, 4.69) is 62.8 Å². The molecular formula is C22H22N4OS. The van der Waals surface area contributed by atoms with Crippen LogP contribution < -0.4 is 5.32 Å². The van der Waals surface area contributed by atoms with Gasteiger partial charge in [-0.25, -0.2) is 4.98 Å². The fourth-order valence-corrected chi connectivity index (χ4v) is 4.67. The van der Waals surface area contributed by atoms with Crippen LogP contribution in [0.15, 0.2) is 60.0 Å². The van der Waals surface area contributed by atoms with Crippen molar-refractivity contribution in [1.82, 2.24) is 14.1 Å². The van der Waals surface area contributed by atoms with Crippen LogP contribution in [0.1, 0.15) is 25.8 Å². The van der Waals surface area contributed by atoms with E-state index >= 15 is 0 Å². The van der Waals surface area contributed by atoms with Crippen LogP contribution in [0.4, 0.5) is 5.69 Å². The number of carbonyl (C=O) groups excluding carboxylic acids is 1. The van der Waals surface area contributed by atoms with Crippen LogP contribution in [0, 0.1) is 0 Å². The molecule has 142 valence electrons. The van der Waals surface area contributed by atoms with E-state index in [0.29, 0.717) is 11.8 Å². The number of para-hydroxylation sites is 1. The van der Waals surface area contributed by atoms with Crippen molar-refractivity contribution in [1.29, 1.82) is 0 Å². The summed E-state index contributed by atoms with van der Waals surface area (Å²) in [5, 5.41) is 6.37. The van der Waals surface area contributed by atoms with Gasteiger partial charge in [0.05, 0.1) is 5.75 Å². The molecule has 0 spiro atoms. The summed E-state index contributed by atoms with van der Waals surface area (Å²) in [5.41, 5.74) is 3.26. The molecule has 1 fully saturated rings. The van der Waals surface area contributed by atoms with E-state index < -0.39 is 0 Å². The molecule has 4 aromatic rings. The maximum atomic E-state index is 12.5. The third kappa shape index (κ3) is 3.07. The summed E-state index contributed by atoms with van der Waals surface area (Å²) in [4.78, 5) is 16.9. The quantitative estimate of drug-likeness (QED) is 0.467. The molecule has 0 bridgehead atoms. The maximum Gasteiger partial charge on any atom is 0.234 e. The zero-order valence-electron chi connectivity index (χ0n) is 15.8. The summed E-state index contributed by atoms with van der Waals surface area (Å²) < 4.78 is 4.49. The molecule has 2 aromatic carbocycles. The topological polar surface area (TPSA) is 51.9 Å². The number of thioether (sulfide) groups is 1. The molecule has 0 atom stereocenters. The van der Waals surface area contributed by atoms with Crippen LogP contribution >= 0.6 is 11.8 Å². The SMILES string of the molecule is CCn1c2ccccc2c2cc(NC(=O)CSc3nccn3C3CC3)ccc21. The van der Waals surface area contributed by atoms with Crippen molar-refractivity contribution in [3.05, 3.63) is 54.9 Å². The Labute approximate surface area is 167 Å². The average molecular weight is 391 g/mol. The number of benzene rings is 2. The van der Waals surface area contributed by atoms with Crippen LogP contribution in [-0.4, -0.2) is 25.8 Å². The van der Waals surface area contributed by atoms with E-state index in [1.165, 1.54) is 46.4 Å². The van der Waals surface area contributed by atoms with Crippen molar-refractivity contribution in [2.75, 3.05) is 11.1 Å². The summed E-state index contributed by atoms with van der Waals surface area (Å²) >= 11 is 1.50. The molecule has 1 amide bonds. The lowest BCUT2D eigenvalue weighted by atomic mass is 10.1. The van der Waals surface area contributed by atoms with Gasteiger partial charge in [-0.15, -0.1) is 0 Å². The number of imidazole rings is 1. The minimum Gasteiger partial charge on any atom is -0.341 e. The predicted octanol–water partition coefficient (Wildman–Crippen LogP) is 5.08. The van der Waals surface area contributed by atoms with Crippen molar-refractivity contribution >= 4 is 45.2 Å². The maximum absolute atomic E-state index is 12.5. The van der Waals surface area contributed by atoms with Gasteiger partial charge in [0.1, 0.15) is 0 Å². The van der Waals surface area contributed by atoms with Gasteiger partial charge < -0.3 is 14.5 Å². The smallest absolute Gasteiger partial charge is 0.234 e. The molecule has 2 aromatic heterocycles. The molecular weight excluding hydrogens is 368 g/mol. The first-order valence-corrected chi connectivity index (χ1v) is 10.7. The third-order valence-electron chi connectivity index (χ3n) is 5.28. The fourth-order valence-electron chi connectivity index (χ4n) is 3.84. The van der Waals surface area contributed by atoms with E-state index in [-0.39, 0.29) is 5.91 Å². The summed E-state index contributed by atoms with van der Waals surface area (Å²) in [7, 11) is 0. The number of nitrogens with one attached hydrogen (secondary N) is 1. The minimum atomic E-state index is -0.00562. The van der Waals surface area contributed by atoms with Crippen molar-refractivity contribution in [2.45, 2.75) is 37.5 Å². The van der Waals surface area contributed by atoms with Crippen LogP contribution in [0.25, 0.3) is 21.8 Å². The van der Waals surface area contributed by atoms with Gasteiger partial charge in [0.2, 0.25) is 5.91 Å². The largest absolute Gasteiger partial charge is 0.341 e. The van der Waals surface area contributed by atoms with E-state index in [1.54, 1.807) is 0 Å². The number of fused-ring (bicyclic) bond motifs is 3. The van der Waals surface area contributed by atoms with Crippen molar-refractivity contribution in [3.63, 3.8) is 0 Å². The molecule has 1 aliphatic rings. The second-order valence-electron chi connectivity index (χ2n) is 7.18. The highest BCUT2D eigenvalue weighted by atomic mass is 32.2. The number of hydrogen-bond donors (Lipinski definition) is 1. The van der Waals surface area contributed by atoms with Gasteiger partial charge >= 0.3 is 0 Å². The summed E-state index contributed by atoms with van der Waals surface area (Å²) in [6.45, 7) is 3.07. The highest BCUT2D eigenvalue weighted by molar-refractivity contribution is 7.99. The molecule has 5 rings (SSSR count). The molecule has 1 saturated carbocycles. The fraction of sp³-hybridized carbons (Fsp3) is 0.273. The van der Waals surface area contributed by atoms with Crippen LogP contribution in [0.2, 0.25) is 0 Å². The Bertz CT molecular complexity index is 1170. The monoisotopic (exact) mass is 390 g/mol. The Balaban J connectivity index is 1.35. The predicted molar refractivity (Wildman–Crippen MR) is 115 cm³/mol. The van der Waals surface area contributed by atoms with Gasteiger partial charge in [0.25, 0.3) is 0 Å². The molecule has 0 saturated heterocycles. The lowest BCUT2D eigenvalue weighted by molar-refractivity contribution is -0.113. The molecule has 1 aliphatic carbocycles. The van der Waals surface area contributed by atoms with E-state index in [4.69, 9.17) is 0 Å². The Morgan fingerprint density at radius 1 is 1.18 bits per heavy atom. The lowest BCUT2D eigenvalue weighted by Crippen LogP contribution is -2.14. The van der Waals surface area contributed by atoms with Crippen LogP contribution in [0.3, 0.4) is 0 Å². The zero-order valence-corrected chi connectivity index (χ0v) is 16.6. The Morgan fingerprint density at radius 2 is 2.00 bits per heavy atom. The highest BCUT2D eigenvalue weighted by Crippen LogP contribution is 2.37. The Morgan fingerprint density at radius 3 is 2.82 bits per heavy atom. The first-order valence-electron chi connectivity index (χ1n) is 9.71. The zero-order chi connectivity index (χ0) is 19.1. The van der Waals surface area contributed by atoms with E-state index in [0.717, 1.165) is 17.4 Å². The van der Waals surface area contributed by atoms with Gasteiger partial charge in [-0.05, 0) is 44.0 Å².